The van der Waals surface area contributed by atoms with Crippen LogP contribution in [0, 0.1) is 0 Å². The molecule has 0 radical (unpaired) electrons. The second-order valence-corrected chi connectivity index (χ2v) is 8.48. The number of aromatic hydroxyl groups is 1. The molecule has 1 aromatic heterocycles. The summed E-state index contributed by atoms with van der Waals surface area (Å²) in [6.45, 7) is 0.494. The highest BCUT2D eigenvalue weighted by Gasteiger charge is 2.42. The Hall–Kier alpha value is -3.18. The number of hydrogen-bond donors (Lipinski definition) is 2. The lowest BCUT2D eigenvalue weighted by molar-refractivity contribution is -0.129. The number of rotatable bonds is 5. The zero-order valence-electron chi connectivity index (χ0n) is 17.3. The molecule has 2 aromatic rings. The van der Waals surface area contributed by atoms with Crippen molar-refractivity contribution < 1.29 is 24.2 Å². The largest absolute Gasteiger partial charge is 0.505 e. The molecule has 4 rings (SSSR count). The van der Waals surface area contributed by atoms with Crippen molar-refractivity contribution in [2.24, 2.45) is 0 Å². The van der Waals surface area contributed by atoms with E-state index in [0.29, 0.717) is 24.4 Å². The van der Waals surface area contributed by atoms with E-state index in [2.05, 4.69) is 10.4 Å². The molecule has 32 heavy (non-hydrogen) atoms. The smallest absolute Gasteiger partial charge is 0.276 e. The van der Waals surface area contributed by atoms with Gasteiger partial charge in [-0.25, -0.2) is 0 Å². The second-order valence-electron chi connectivity index (χ2n) is 7.50. The summed E-state index contributed by atoms with van der Waals surface area (Å²) >= 11 is 0.986. The summed E-state index contributed by atoms with van der Waals surface area (Å²) in [5.41, 5.74) is -0.672. The van der Waals surface area contributed by atoms with E-state index in [0.717, 1.165) is 35.4 Å². The molecular formula is C21H22N4O6S. The normalized spacial score (nSPS) is 21.5. The molecule has 0 saturated carbocycles. The number of Topliss-reactive ketones (excluding diaryl/α,β-unsaturated/α-hetero) is 1. The number of hydrogen-bond acceptors (Lipinski definition) is 9. The van der Waals surface area contributed by atoms with E-state index in [9.17, 15) is 24.3 Å². The molecule has 2 atom stereocenters. The molecule has 2 aliphatic rings. The highest BCUT2D eigenvalue weighted by Crippen LogP contribution is 2.27. The van der Waals surface area contributed by atoms with Crippen molar-refractivity contribution in [2.75, 3.05) is 19.4 Å². The van der Waals surface area contributed by atoms with Crippen LogP contribution in [-0.2, 0) is 9.59 Å². The van der Waals surface area contributed by atoms with E-state index < -0.39 is 29.4 Å². The first-order chi connectivity index (χ1) is 15.4. The number of para-hydroxylation sites is 2. The minimum Gasteiger partial charge on any atom is -0.505 e. The summed E-state index contributed by atoms with van der Waals surface area (Å²) in [4.78, 5) is 51.6. The third kappa shape index (κ3) is 4.13. The van der Waals surface area contributed by atoms with Crippen LogP contribution in [0.3, 0.4) is 0 Å². The second kappa shape index (κ2) is 9.13. The van der Waals surface area contributed by atoms with Crippen molar-refractivity contribution in [3.05, 3.63) is 46.4 Å². The van der Waals surface area contributed by atoms with Crippen molar-refractivity contribution in [3.8, 4) is 17.2 Å². The van der Waals surface area contributed by atoms with E-state index in [1.807, 2.05) is 0 Å². The van der Waals surface area contributed by atoms with E-state index in [1.165, 1.54) is 7.11 Å². The number of carbonyl (C=O) groups excluding carboxylic acids is 3. The number of aromatic nitrogens is 2. The Balaban J connectivity index is 1.63. The van der Waals surface area contributed by atoms with Crippen LogP contribution in [-0.4, -0.2) is 68.2 Å². The van der Waals surface area contributed by atoms with Crippen LogP contribution in [0.1, 0.15) is 29.8 Å². The van der Waals surface area contributed by atoms with Gasteiger partial charge in [0.1, 0.15) is 17.5 Å². The van der Waals surface area contributed by atoms with E-state index in [-0.39, 0.29) is 22.3 Å². The Kier molecular flexibility index (Phi) is 6.28. The van der Waals surface area contributed by atoms with Gasteiger partial charge in [-0.2, -0.15) is 9.78 Å². The van der Waals surface area contributed by atoms with Crippen LogP contribution in [0.5, 0.6) is 11.5 Å². The van der Waals surface area contributed by atoms with Gasteiger partial charge >= 0.3 is 0 Å². The van der Waals surface area contributed by atoms with Gasteiger partial charge in [-0.05, 0) is 31.4 Å². The fourth-order valence-electron chi connectivity index (χ4n) is 3.98. The molecule has 0 spiro atoms. The molecule has 2 aliphatic heterocycles. The van der Waals surface area contributed by atoms with Crippen LogP contribution < -0.4 is 15.6 Å². The number of ether oxygens (including phenoxy) is 1. The molecular weight excluding hydrogens is 436 g/mol. The summed E-state index contributed by atoms with van der Waals surface area (Å²) in [7, 11) is 1.44. The SMILES string of the molecule is COc1ccccc1-n1nc(C(=O)NC2CCCCN2C2C(=O)CSC2=O)c(O)cc1=O. The molecule has 1 amide bonds. The number of amides is 1. The topological polar surface area (TPSA) is 131 Å². The average Bonchev–Trinajstić information content (AvgIpc) is 3.12. The maximum absolute atomic E-state index is 13.0. The van der Waals surface area contributed by atoms with Gasteiger partial charge in [0.05, 0.1) is 19.0 Å². The van der Waals surface area contributed by atoms with Crippen molar-refractivity contribution in [3.63, 3.8) is 0 Å². The zero-order chi connectivity index (χ0) is 22.8. The van der Waals surface area contributed by atoms with Crippen molar-refractivity contribution in [1.82, 2.24) is 20.0 Å². The Morgan fingerprint density at radius 2 is 2.03 bits per heavy atom. The minimum absolute atomic E-state index is 0.132. The minimum atomic E-state index is -0.880. The first-order valence-corrected chi connectivity index (χ1v) is 11.1. The van der Waals surface area contributed by atoms with Crippen molar-refractivity contribution >= 4 is 28.6 Å². The number of methoxy groups -OCH3 is 1. The summed E-state index contributed by atoms with van der Waals surface area (Å²) in [6.07, 6.45) is 1.58. The van der Waals surface area contributed by atoms with Crippen LogP contribution >= 0.6 is 11.8 Å². The molecule has 2 saturated heterocycles. The summed E-state index contributed by atoms with van der Waals surface area (Å²) in [6, 6.07) is 6.69. The molecule has 10 nitrogen and oxygen atoms in total. The van der Waals surface area contributed by atoms with Crippen molar-refractivity contribution in [1.29, 1.82) is 0 Å². The van der Waals surface area contributed by atoms with Gasteiger partial charge in [-0.3, -0.25) is 24.1 Å². The number of likely N-dealkylation sites (tertiary alicyclic amines) is 1. The first-order valence-electron chi connectivity index (χ1n) is 10.1. The van der Waals surface area contributed by atoms with Gasteiger partial charge in [0.15, 0.2) is 17.2 Å². The maximum atomic E-state index is 13.0. The van der Waals surface area contributed by atoms with Crippen molar-refractivity contribution in [2.45, 2.75) is 31.5 Å². The molecule has 2 N–H and O–H groups in total. The van der Waals surface area contributed by atoms with E-state index >= 15 is 0 Å². The quantitative estimate of drug-likeness (QED) is 0.622. The van der Waals surface area contributed by atoms with Gasteiger partial charge in [-0.1, -0.05) is 23.9 Å². The Bertz CT molecular complexity index is 1120. The van der Waals surface area contributed by atoms with Crippen LogP contribution in [0.25, 0.3) is 5.69 Å². The fraction of sp³-hybridized carbons (Fsp3) is 0.381. The molecule has 2 unspecified atom stereocenters. The first kappa shape index (κ1) is 22.0. The highest BCUT2D eigenvalue weighted by atomic mass is 32.2. The molecule has 2 fully saturated rings. The lowest BCUT2D eigenvalue weighted by Gasteiger charge is -2.38. The standard InChI is InChI=1S/C21H22N4O6S/c1-31-15-7-3-2-6-12(15)25-17(28)10-13(26)18(23-25)20(29)22-16-8-4-5-9-24(16)19-14(27)11-32-21(19)30/h2-3,6-7,10,16,19,26H,4-5,8-9,11H2,1H3,(H,22,29). The van der Waals surface area contributed by atoms with Crippen LogP contribution in [0.4, 0.5) is 0 Å². The van der Waals surface area contributed by atoms with E-state index in [4.69, 9.17) is 4.74 Å². The third-order valence-corrected chi connectivity index (χ3v) is 6.44. The summed E-state index contributed by atoms with van der Waals surface area (Å²) < 4.78 is 6.24. The Labute approximate surface area is 187 Å². The molecule has 0 bridgehead atoms. The molecule has 168 valence electrons. The number of nitrogens with zero attached hydrogens (tertiary/aromatic N) is 3. The third-order valence-electron chi connectivity index (χ3n) is 5.50. The van der Waals surface area contributed by atoms with Gasteiger partial charge in [0.25, 0.3) is 11.5 Å². The number of benzene rings is 1. The Morgan fingerprint density at radius 1 is 1.25 bits per heavy atom. The van der Waals surface area contributed by atoms with E-state index in [1.54, 1.807) is 29.2 Å². The maximum Gasteiger partial charge on any atom is 0.276 e. The van der Waals surface area contributed by atoms with Gasteiger partial charge < -0.3 is 15.2 Å². The fourth-order valence-corrected chi connectivity index (χ4v) is 4.84. The summed E-state index contributed by atoms with van der Waals surface area (Å²) in [5.74, 6) is -0.953. The number of nitrogens with one attached hydrogen (secondary N) is 1. The van der Waals surface area contributed by atoms with Gasteiger partial charge in [0.2, 0.25) is 5.12 Å². The summed E-state index contributed by atoms with van der Waals surface area (Å²) in [5, 5.41) is 16.9. The molecule has 1 aromatic carbocycles. The highest BCUT2D eigenvalue weighted by molar-refractivity contribution is 8.15. The molecule has 0 aliphatic carbocycles. The zero-order valence-corrected chi connectivity index (χ0v) is 18.1. The molecule has 3 heterocycles. The number of thioether (sulfide) groups is 1. The lowest BCUT2D eigenvalue weighted by Crippen LogP contribution is -2.57. The van der Waals surface area contributed by atoms with Crippen LogP contribution in [0.2, 0.25) is 0 Å². The van der Waals surface area contributed by atoms with Crippen LogP contribution in [0.15, 0.2) is 35.1 Å². The average molecular weight is 458 g/mol. The Morgan fingerprint density at radius 3 is 2.75 bits per heavy atom. The predicted molar refractivity (Wildman–Crippen MR) is 116 cm³/mol. The monoisotopic (exact) mass is 458 g/mol. The van der Waals surface area contributed by atoms with Gasteiger partial charge in [0, 0.05) is 12.6 Å². The predicted octanol–water partition coefficient (Wildman–Crippen LogP) is 0.700. The number of piperidine rings is 1. The van der Waals surface area contributed by atoms with Gasteiger partial charge in [-0.15, -0.1) is 0 Å². The number of carbonyl (C=O) groups is 3. The number of ketones is 1. The lowest BCUT2D eigenvalue weighted by atomic mass is 10.0. The molecule has 11 heteroatoms.